The van der Waals surface area contributed by atoms with E-state index in [1.807, 2.05) is 13.8 Å². The van der Waals surface area contributed by atoms with Crippen LogP contribution in [0.1, 0.15) is 57.2 Å². The van der Waals surface area contributed by atoms with Crippen molar-refractivity contribution >= 4 is 11.3 Å². The second-order valence-corrected chi connectivity index (χ2v) is 6.80. The van der Waals surface area contributed by atoms with Crippen LogP contribution in [0.2, 0.25) is 0 Å². The van der Waals surface area contributed by atoms with Gasteiger partial charge in [0.2, 0.25) is 0 Å². The Balaban J connectivity index is 2.17. The van der Waals surface area contributed by atoms with Gasteiger partial charge in [0.05, 0.1) is 5.69 Å². The van der Waals surface area contributed by atoms with Crippen LogP contribution in [0.15, 0.2) is 5.38 Å². The zero-order valence-corrected chi connectivity index (χ0v) is 12.5. The van der Waals surface area contributed by atoms with Crippen molar-refractivity contribution in [3.8, 4) is 0 Å². The molecule has 0 atom stereocenters. The highest BCUT2D eigenvalue weighted by atomic mass is 32.1. The van der Waals surface area contributed by atoms with Crippen LogP contribution in [0.25, 0.3) is 0 Å². The molecule has 2 rings (SSSR count). The summed E-state index contributed by atoms with van der Waals surface area (Å²) in [6.07, 6.45) is 5.54. The third-order valence-electron chi connectivity index (χ3n) is 3.41. The molecule has 0 amide bonds. The predicted molar refractivity (Wildman–Crippen MR) is 75.9 cm³/mol. The van der Waals surface area contributed by atoms with Crippen LogP contribution >= 0.6 is 11.3 Å². The minimum Gasteiger partial charge on any atom is -0.368 e. The first-order chi connectivity index (χ1) is 8.45. The summed E-state index contributed by atoms with van der Waals surface area (Å²) in [5, 5.41) is 3.30. The lowest BCUT2D eigenvalue weighted by Crippen LogP contribution is -2.34. The summed E-state index contributed by atoms with van der Waals surface area (Å²) < 4.78 is 6.04. The van der Waals surface area contributed by atoms with Crippen molar-refractivity contribution in [1.29, 1.82) is 0 Å². The molecule has 0 saturated heterocycles. The molecule has 3 nitrogen and oxygen atoms in total. The third-order valence-corrected chi connectivity index (χ3v) is 4.49. The van der Waals surface area contributed by atoms with E-state index in [1.165, 1.54) is 12.8 Å². The van der Waals surface area contributed by atoms with Crippen LogP contribution in [0.3, 0.4) is 0 Å². The topological polar surface area (TPSA) is 48.1 Å². The summed E-state index contributed by atoms with van der Waals surface area (Å²) in [5.74, 6) is 0. The highest BCUT2D eigenvalue weighted by Gasteiger charge is 2.39. The van der Waals surface area contributed by atoms with Gasteiger partial charge in [-0.15, -0.1) is 11.3 Å². The molecular weight excluding hydrogens is 244 g/mol. The van der Waals surface area contributed by atoms with Gasteiger partial charge in [0, 0.05) is 23.9 Å². The van der Waals surface area contributed by atoms with Gasteiger partial charge in [-0.2, -0.15) is 0 Å². The van der Waals surface area contributed by atoms with Crippen LogP contribution in [0, 0.1) is 0 Å². The predicted octanol–water partition coefficient (Wildman–Crippen LogP) is 3.23. The minimum atomic E-state index is -0.195. The van der Waals surface area contributed by atoms with Crippen LogP contribution in [0.5, 0.6) is 0 Å². The molecule has 18 heavy (non-hydrogen) atoms. The number of rotatable bonds is 5. The summed E-state index contributed by atoms with van der Waals surface area (Å²) in [7, 11) is 0. The molecule has 2 N–H and O–H groups in total. The number of hydrogen-bond donors (Lipinski definition) is 1. The number of thiazole rings is 1. The molecule has 1 heterocycles. The molecule has 1 aromatic rings. The fourth-order valence-corrected chi connectivity index (χ4v) is 3.74. The number of hydrogen-bond acceptors (Lipinski definition) is 4. The van der Waals surface area contributed by atoms with Crippen molar-refractivity contribution in [3.05, 3.63) is 16.1 Å². The molecule has 0 radical (unpaired) electrons. The van der Waals surface area contributed by atoms with Crippen molar-refractivity contribution < 1.29 is 4.74 Å². The molecule has 0 bridgehead atoms. The zero-order valence-electron chi connectivity index (χ0n) is 11.7. The molecule has 4 heteroatoms. The fourth-order valence-electron chi connectivity index (χ4n) is 2.71. The molecule has 1 aliphatic carbocycles. The van der Waals surface area contributed by atoms with Gasteiger partial charge < -0.3 is 10.5 Å². The molecule has 1 aliphatic rings. The largest absolute Gasteiger partial charge is 0.368 e. The van der Waals surface area contributed by atoms with Crippen LogP contribution in [-0.4, -0.2) is 17.1 Å². The Morgan fingerprint density at radius 1 is 1.44 bits per heavy atom. The Hall–Kier alpha value is -0.450. The maximum Gasteiger partial charge on any atom is 0.125 e. The van der Waals surface area contributed by atoms with Gasteiger partial charge in [0.15, 0.2) is 0 Å². The highest BCUT2D eigenvalue weighted by molar-refractivity contribution is 7.09. The summed E-state index contributed by atoms with van der Waals surface area (Å²) in [5.41, 5.74) is 6.86. The van der Waals surface area contributed by atoms with E-state index >= 15 is 0 Å². The lowest BCUT2D eigenvalue weighted by molar-refractivity contribution is -0.0392. The highest BCUT2D eigenvalue weighted by Crippen LogP contribution is 2.43. The Morgan fingerprint density at radius 3 is 2.67 bits per heavy atom. The quantitative estimate of drug-likeness (QED) is 0.892. The molecule has 0 aromatic carbocycles. The molecule has 0 spiro atoms. The van der Waals surface area contributed by atoms with E-state index in [-0.39, 0.29) is 11.1 Å². The first kappa shape index (κ1) is 14.0. The van der Waals surface area contributed by atoms with Crippen molar-refractivity contribution in [2.24, 2.45) is 5.73 Å². The average molecular weight is 268 g/mol. The number of ether oxygens (including phenoxy) is 1. The SMILES string of the molecule is CCOC1(c2nc(CC(C)(C)N)cs2)CCCC1. The van der Waals surface area contributed by atoms with Crippen molar-refractivity contribution in [2.75, 3.05) is 6.61 Å². The first-order valence-corrected chi connectivity index (χ1v) is 7.71. The van der Waals surface area contributed by atoms with E-state index in [1.54, 1.807) is 11.3 Å². The molecule has 102 valence electrons. The molecule has 1 fully saturated rings. The van der Waals surface area contributed by atoms with E-state index in [9.17, 15) is 0 Å². The molecular formula is C14H24N2OS. The van der Waals surface area contributed by atoms with Gasteiger partial charge in [0.1, 0.15) is 10.6 Å². The maximum absolute atomic E-state index is 6.06. The molecule has 0 unspecified atom stereocenters. The smallest absolute Gasteiger partial charge is 0.125 e. The van der Waals surface area contributed by atoms with Gasteiger partial charge in [-0.1, -0.05) is 12.8 Å². The fraction of sp³-hybridized carbons (Fsp3) is 0.786. The van der Waals surface area contributed by atoms with Crippen LogP contribution in [0.4, 0.5) is 0 Å². The van der Waals surface area contributed by atoms with Gasteiger partial charge in [-0.3, -0.25) is 0 Å². The maximum atomic E-state index is 6.06. The number of nitrogens with zero attached hydrogens (tertiary/aromatic N) is 1. The standard InChI is InChI=1S/C14H24N2OS/c1-4-17-14(7-5-6-8-14)12-16-11(10-18-12)9-13(2,3)15/h10H,4-9,15H2,1-3H3. The van der Waals surface area contributed by atoms with Crippen LogP contribution < -0.4 is 5.73 Å². The van der Waals surface area contributed by atoms with Crippen LogP contribution in [-0.2, 0) is 16.8 Å². The summed E-state index contributed by atoms with van der Waals surface area (Å²) in [6, 6.07) is 0. The van der Waals surface area contributed by atoms with Crippen molar-refractivity contribution in [2.45, 2.75) is 64.0 Å². The lowest BCUT2D eigenvalue weighted by Gasteiger charge is -2.26. The van der Waals surface area contributed by atoms with E-state index in [2.05, 4.69) is 12.3 Å². The monoisotopic (exact) mass is 268 g/mol. The van der Waals surface area contributed by atoms with E-state index in [0.29, 0.717) is 0 Å². The summed E-state index contributed by atoms with van der Waals surface area (Å²) in [4.78, 5) is 4.78. The van der Waals surface area contributed by atoms with Crippen molar-refractivity contribution in [1.82, 2.24) is 4.98 Å². The molecule has 1 aromatic heterocycles. The van der Waals surface area contributed by atoms with Gasteiger partial charge in [0.25, 0.3) is 0 Å². The Bertz CT molecular complexity index is 389. The second-order valence-electron chi connectivity index (χ2n) is 5.94. The summed E-state index contributed by atoms with van der Waals surface area (Å²) in [6.45, 7) is 6.91. The normalized spacial score (nSPS) is 19.3. The average Bonchev–Trinajstić information content (AvgIpc) is 2.85. The molecule has 1 saturated carbocycles. The summed E-state index contributed by atoms with van der Waals surface area (Å²) >= 11 is 1.73. The minimum absolute atomic E-state index is 0.101. The van der Waals surface area contributed by atoms with E-state index < -0.39 is 0 Å². The second kappa shape index (κ2) is 5.27. The van der Waals surface area contributed by atoms with E-state index in [0.717, 1.165) is 36.6 Å². The lowest BCUT2D eigenvalue weighted by atomic mass is 10.0. The van der Waals surface area contributed by atoms with Gasteiger partial charge in [-0.05, 0) is 33.6 Å². The van der Waals surface area contributed by atoms with Gasteiger partial charge >= 0.3 is 0 Å². The Kier molecular flexibility index (Phi) is 4.09. The zero-order chi connectivity index (χ0) is 13.2. The molecule has 0 aliphatic heterocycles. The Labute approximate surface area is 114 Å². The number of aromatic nitrogens is 1. The van der Waals surface area contributed by atoms with E-state index in [4.69, 9.17) is 15.5 Å². The van der Waals surface area contributed by atoms with Gasteiger partial charge in [-0.25, -0.2) is 4.98 Å². The van der Waals surface area contributed by atoms with Crippen molar-refractivity contribution in [3.63, 3.8) is 0 Å². The number of nitrogens with two attached hydrogens (primary N) is 1. The third kappa shape index (κ3) is 3.11. The Morgan fingerprint density at radius 2 is 2.11 bits per heavy atom. The first-order valence-electron chi connectivity index (χ1n) is 6.83.